The number of carbonyl (C=O) groups is 2. The molecule has 0 saturated carbocycles. The summed E-state index contributed by atoms with van der Waals surface area (Å²) >= 11 is 0. The molecule has 0 saturated heterocycles. The Bertz CT molecular complexity index is 1100. The lowest BCUT2D eigenvalue weighted by Crippen LogP contribution is -2.48. The van der Waals surface area contributed by atoms with E-state index in [4.69, 9.17) is 9.15 Å². The van der Waals surface area contributed by atoms with Crippen molar-refractivity contribution >= 4 is 22.8 Å². The van der Waals surface area contributed by atoms with E-state index < -0.39 is 23.5 Å². The summed E-state index contributed by atoms with van der Waals surface area (Å²) in [5.74, 6) is -0.740. The predicted molar refractivity (Wildman–Crippen MR) is 104 cm³/mol. The second-order valence-electron chi connectivity index (χ2n) is 6.39. The van der Waals surface area contributed by atoms with Gasteiger partial charge in [-0.25, -0.2) is 4.79 Å². The fraction of sp³-hybridized carbons (Fsp3) is 0.190. The van der Waals surface area contributed by atoms with Gasteiger partial charge >= 0.3 is 5.63 Å². The maximum absolute atomic E-state index is 12.3. The predicted octanol–water partition coefficient (Wildman–Crippen LogP) is 2.64. The highest BCUT2D eigenvalue weighted by molar-refractivity contribution is 5.97. The van der Waals surface area contributed by atoms with Crippen molar-refractivity contribution < 1.29 is 18.7 Å². The fourth-order valence-corrected chi connectivity index (χ4v) is 2.60. The third-order valence-electron chi connectivity index (χ3n) is 4.41. The Morgan fingerprint density at radius 1 is 1.04 bits per heavy atom. The van der Waals surface area contributed by atoms with E-state index in [1.807, 2.05) is 26.0 Å². The van der Waals surface area contributed by atoms with Crippen molar-refractivity contribution in [1.82, 2.24) is 10.9 Å². The molecule has 28 heavy (non-hydrogen) atoms. The van der Waals surface area contributed by atoms with Gasteiger partial charge in [-0.1, -0.05) is 30.3 Å². The van der Waals surface area contributed by atoms with Crippen LogP contribution in [-0.4, -0.2) is 17.9 Å². The number of hydrazine groups is 1. The molecule has 0 bridgehead atoms. The maximum Gasteiger partial charge on any atom is 0.349 e. The molecule has 3 aromatic rings. The van der Waals surface area contributed by atoms with Gasteiger partial charge in [0.05, 0.1) is 0 Å². The molecule has 0 aliphatic rings. The molecule has 0 unspecified atom stereocenters. The van der Waals surface area contributed by atoms with Crippen LogP contribution >= 0.6 is 0 Å². The highest BCUT2D eigenvalue weighted by Gasteiger charge is 2.19. The number of hydrogen-bond acceptors (Lipinski definition) is 5. The van der Waals surface area contributed by atoms with E-state index in [2.05, 4.69) is 10.9 Å². The van der Waals surface area contributed by atoms with E-state index in [9.17, 15) is 14.4 Å². The fourth-order valence-electron chi connectivity index (χ4n) is 2.60. The Labute approximate surface area is 161 Å². The summed E-state index contributed by atoms with van der Waals surface area (Å²) in [6.45, 7) is 5.41. The molecule has 2 amide bonds. The molecular weight excluding hydrogens is 360 g/mol. The zero-order valence-electron chi connectivity index (χ0n) is 15.7. The number of aryl methyl sites for hydroxylation is 1. The zero-order valence-corrected chi connectivity index (χ0v) is 15.7. The number of ether oxygens (including phenoxy) is 1. The third kappa shape index (κ3) is 4.03. The minimum atomic E-state index is -0.853. The number of benzene rings is 2. The standard InChI is InChI=1S/C21H20N2O5/c1-12-7-6-10-17(13(12)2)27-14(3)19(24)22-23-20(25)16-11-15-8-4-5-9-18(15)28-21(16)26/h4-11,14H,1-3H3,(H,22,24)(H,23,25)/t14-/m0/s1. The molecule has 1 heterocycles. The Hall–Kier alpha value is -3.61. The largest absolute Gasteiger partial charge is 0.481 e. The van der Waals surface area contributed by atoms with Gasteiger partial charge in [0.2, 0.25) is 0 Å². The Kier molecular flexibility index (Phi) is 5.44. The van der Waals surface area contributed by atoms with Crippen molar-refractivity contribution in [3.63, 3.8) is 0 Å². The topological polar surface area (TPSA) is 97.6 Å². The minimum absolute atomic E-state index is 0.206. The van der Waals surface area contributed by atoms with Gasteiger partial charge in [0.1, 0.15) is 16.9 Å². The molecule has 144 valence electrons. The van der Waals surface area contributed by atoms with Crippen LogP contribution in [0.15, 0.2) is 57.7 Å². The highest BCUT2D eigenvalue weighted by atomic mass is 16.5. The molecule has 7 heteroatoms. The SMILES string of the molecule is Cc1cccc(O[C@@H](C)C(=O)NNC(=O)c2cc3ccccc3oc2=O)c1C. The molecule has 7 nitrogen and oxygen atoms in total. The molecule has 0 aliphatic carbocycles. The molecule has 0 spiro atoms. The number of para-hydroxylation sites is 1. The van der Waals surface area contributed by atoms with E-state index in [0.717, 1.165) is 11.1 Å². The van der Waals surface area contributed by atoms with E-state index in [-0.39, 0.29) is 5.56 Å². The number of rotatable bonds is 4. The zero-order chi connectivity index (χ0) is 20.3. The summed E-state index contributed by atoms with van der Waals surface area (Å²) in [7, 11) is 0. The smallest absolute Gasteiger partial charge is 0.349 e. The quantitative estimate of drug-likeness (QED) is 0.536. The normalized spacial score (nSPS) is 11.7. The monoisotopic (exact) mass is 380 g/mol. The molecule has 0 aliphatic heterocycles. The van der Waals surface area contributed by atoms with Gasteiger partial charge in [0, 0.05) is 5.39 Å². The number of fused-ring (bicyclic) bond motifs is 1. The average molecular weight is 380 g/mol. The van der Waals surface area contributed by atoms with Crippen molar-refractivity contribution in [1.29, 1.82) is 0 Å². The van der Waals surface area contributed by atoms with Crippen LogP contribution in [0.2, 0.25) is 0 Å². The van der Waals surface area contributed by atoms with Crippen LogP contribution in [0.5, 0.6) is 5.75 Å². The van der Waals surface area contributed by atoms with Gasteiger partial charge in [-0.05, 0) is 50.1 Å². The van der Waals surface area contributed by atoms with E-state index >= 15 is 0 Å². The number of hydrogen-bond donors (Lipinski definition) is 2. The number of carbonyl (C=O) groups excluding carboxylic acids is 2. The molecule has 1 aromatic heterocycles. The van der Waals surface area contributed by atoms with E-state index in [0.29, 0.717) is 16.7 Å². The van der Waals surface area contributed by atoms with Crippen molar-refractivity contribution in [2.45, 2.75) is 26.9 Å². The molecule has 2 aromatic carbocycles. The van der Waals surface area contributed by atoms with E-state index in [1.54, 1.807) is 37.3 Å². The molecule has 3 rings (SSSR count). The summed E-state index contributed by atoms with van der Waals surface area (Å²) in [4.78, 5) is 36.5. The molecule has 0 radical (unpaired) electrons. The lowest BCUT2D eigenvalue weighted by Gasteiger charge is -2.17. The van der Waals surface area contributed by atoms with Gasteiger partial charge < -0.3 is 9.15 Å². The second-order valence-corrected chi connectivity index (χ2v) is 6.39. The van der Waals surface area contributed by atoms with Crippen LogP contribution in [0.3, 0.4) is 0 Å². The molecular formula is C21H20N2O5. The van der Waals surface area contributed by atoms with Crippen molar-refractivity contribution in [3.8, 4) is 5.75 Å². The minimum Gasteiger partial charge on any atom is -0.481 e. The first-order valence-electron chi connectivity index (χ1n) is 8.73. The summed E-state index contributed by atoms with van der Waals surface area (Å²) in [5, 5.41) is 0.602. The average Bonchev–Trinajstić information content (AvgIpc) is 2.68. The van der Waals surface area contributed by atoms with Gasteiger partial charge in [0.25, 0.3) is 11.8 Å². The van der Waals surface area contributed by atoms with Crippen molar-refractivity contribution in [2.75, 3.05) is 0 Å². The first-order valence-corrected chi connectivity index (χ1v) is 8.73. The third-order valence-corrected chi connectivity index (χ3v) is 4.41. The first-order chi connectivity index (χ1) is 13.4. The van der Waals surface area contributed by atoms with Crippen molar-refractivity contribution in [3.05, 3.63) is 75.6 Å². The molecule has 0 fully saturated rings. The van der Waals surface area contributed by atoms with Crippen LogP contribution < -0.4 is 21.2 Å². The highest BCUT2D eigenvalue weighted by Crippen LogP contribution is 2.21. The second kappa shape index (κ2) is 7.96. The Balaban J connectivity index is 1.65. The summed E-state index contributed by atoms with van der Waals surface area (Å²) < 4.78 is 10.8. The maximum atomic E-state index is 12.3. The first kappa shape index (κ1) is 19.2. The van der Waals surface area contributed by atoms with Crippen LogP contribution in [0.4, 0.5) is 0 Å². The van der Waals surface area contributed by atoms with Crippen LogP contribution in [0.1, 0.15) is 28.4 Å². The van der Waals surface area contributed by atoms with Crippen molar-refractivity contribution in [2.24, 2.45) is 0 Å². The Morgan fingerprint density at radius 2 is 1.79 bits per heavy atom. The summed E-state index contributed by atoms with van der Waals surface area (Å²) in [6.07, 6.45) is -0.853. The molecule has 1 atom stereocenters. The van der Waals surface area contributed by atoms with E-state index in [1.165, 1.54) is 6.07 Å². The van der Waals surface area contributed by atoms with Gasteiger partial charge in [0.15, 0.2) is 6.10 Å². The van der Waals surface area contributed by atoms with Gasteiger partial charge in [-0.3, -0.25) is 20.4 Å². The Morgan fingerprint density at radius 3 is 2.57 bits per heavy atom. The number of amides is 2. The lowest BCUT2D eigenvalue weighted by atomic mass is 10.1. The number of nitrogens with one attached hydrogen (secondary N) is 2. The van der Waals surface area contributed by atoms with Crippen LogP contribution in [-0.2, 0) is 4.79 Å². The summed E-state index contributed by atoms with van der Waals surface area (Å²) in [6, 6.07) is 13.8. The summed E-state index contributed by atoms with van der Waals surface area (Å²) in [5.41, 5.74) is 5.84. The molecule has 2 N–H and O–H groups in total. The lowest BCUT2D eigenvalue weighted by molar-refractivity contribution is -0.128. The van der Waals surface area contributed by atoms with Gasteiger partial charge in [-0.15, -0.1) is 0 Å². The van der Waals surface area contributed by atoms with Gasteiger partial charge in [-0.2, -0.15) is 0 Å². The van der Waals surface area contributed by atoms with Crippen LogP contribution in [0.25, 0.3) is 11.0 Å². The van der Waals surface area contributed by atoms with Crippen LogP contribution in [0, 0.1) is 13.8 Å².